The van der Waals surface area contributed by atoms with Gasteiger partial charge in [-0.15, -0.1) is 0 Å². The van der Waals surface area contributed by atoms with Crippen molar-refractivity contribution in [2.45, 2.75) is 63.3 Å². The molecule has 1 aliphatic heterocycles. The molecule has 3 fully saturated rings. The molecule has 0 bridgehead atoms. The summed E-state index contributed by atoms with van der Waals surface area (Å²) in [5.41, 5.74) is 0.355. The molecule has 2 N–H and O–H groups in total. The second kappa shape index (κ2) is 5.65. The van der Waals surface area contributed by atoms with Crippen molar-refractivity contribution in [1.29, 1.82) is 0 Å². The monoisotopic (exact) mass is 304 g/mol. The normalized spacial score (nSPS) is 31.5. The van der Waals surface area contributed by atoms with E-state index in [9.17, 15) is 4.79 Å². The molecule has 1 amide bonds. The van der Waals surface area contributed by atoms with Crippen molar-refractivity contribution in [3.8, 4) is 0 Å². The summed E-state index contributed by atoms with van der Waals surface area (Å²) in [7, 11) is 0. The van der Waals surface area contributed by atoms with Gasteiger partial charge in [0.1, 0.15) is 0 Å². The molecule has 22 heavy (non-hydrogen) atoms. The van der Waals surface area contributed by atoms with Gasteiger partial charge in [-0.05, 0) is 37.6 Å². The lowest BCUT2D eigenvalue weighted by molar-refractivity contribution is -0.121. The Kier molecular flexibility index (Phi) is 3.64. The fourth-order valence-corrected chi connectivity index (χ4v) is 4.08. The summed E-state index contributed by atoms with van der Waals surface area (Å²) < 4.78 is 5.40. The third-order valence-corrected chi connectivity index (χ3v) is 5.54. The van der Waals surface area contributed by atoms with Gasteiger partial charge in [0, 0.05) is 18.5 Å². The maximum Gasteiger partial charge on any atom is 0.230 e. The highest BCUT2D eigenvalue weighted by Gasteiger charge is 2.58. The minimum Gasteiger partial charge on any atom is -0.353 e. The van der Waals surface area contributed by atoms with Crippen LogP contribution in [0.25, 0.3) is 0 Å². The summed E-state index contributed by atoms with van der Waals surface area (Å²) in [6, 6.07) is 0.337. The molecule has 0 aromatic carbocycles. The largest absolute Gasteiger partial charge is 0.353 e. The van der Waals surface area contributed by atoms with E-state index in [0.717, 1.165) is 38.2 Å². The standard InChI is InChI=1S/C16H24N4O2/c21-14(18-11-4-2-1-3-5-11)8-13-19-15(22-20-13)12-9-16(12)6-7-17-10-16/h11-12,17H,1-10H2,(H,18,21). The molecular formula is C16H24N4O2. The Hall–Kier alpha value is -1.43. The van der Waals surface area contributed by atoms with E-state index >= 15 is 0 Å². The van der Waals surface area contributed by atoms with Crippen LogP contribution in [0.5, 0.6) is 0 Å². The van der Waals surface area contributed by atoms with Crippen molar-refractivity contribution in [3.63, 3.8) is 0 Å². The first-order chi connectivity index (χ1) is 10.8. The van der Waals surface area contributed by atoms with E-state index in [2.05, 4.69) is 20.8 Å². The Balaban J connectivity index is 1.31. The topological polar surface area (TPSA) is 80.1 Å². The van der Waals surface area contributed by atoms with Gasteiger partial charge < -0.3 is 15.2 Å². The van der Waals surface area contributed by atoms with Crippen molar-refractivity contribution >= 4 is 5.91 Å². The molecule has 2 atom stereocenters. The van der Waals surface area contributed by atoms with E-state index in [4.69, 9.17) is 4.52 Å². The van der Waals surface area contributed by atoms with Crippen LogP contribution < -0.4 is 10.6 Å². The number of carbonyl (C=O) groups excluding carboxylic acids is 1. The van der Waals surface area contributed by atoms with Crippen LogP contribution in [0.15, 0.2) is 4.52 Å². The van der Waals surface area contributed by atoms with Gasteiger partial charge in [0.2, 0.25) is 11.8 Å². The molecule has 4 rings (SSSR count). The maximum atomic E-state index is 12.1. The fourth-order valence-electron chi connectivity index (χ4n) is 4.08. The number of hydrogen-bond donors (Lipinski definition) is 2. The molecule has 6 heteroatoms. The summed E-state index contributed by atoms with van der Waals surface area (Å²) in [4.78, 5) is 16.5. The van der Waals surface area contributed by atoms with Gasteiger partial charge in [0.05, 0.1) is 6.42 Å². The van der Waals surface area contributed by atoms with Crippen molar-refractivity contribution in [2.75, 3.05) is 13.1 Å². The minimum atomic E-state index is 0.0206. The van der Waals surface area contributed by atoms with E-state index in [1.165, 1.54) is 25.7 Å². The van der Waals surface area contributed by atoms with Gasteiger partial charge in [-0.3, -0.25) is 4.79 Å². The first-order valence-electron chi connectivity index (χ1n) is 8.58. The minimum absolute atomic E-state index is 0.0206. The zero-order valence-corrected chi connectivity index (χ0v) is 12.9. The molecule has 1 aromatic heterocycles. The third-order valence-electron chi connectivity index (χ3n) is 5.54. The number of nitrogens with zero attached hydrogens (tertiary/aromatic N) is 2. The molecule has 2 aliphatic carbocycles. The molecule has 0 radical (unpaired) electrons. The lowest BCUT2D eigenvalue weighted by atomic mass is 9.95. The van der Waals surface area contributed by atoms with E-state index in [1.54, 1.807) is 0 Å². The molecule has 120 valence electrons. The second-order valence-corrected chi connectivity index (χ2v) is 7.17. The molecule has 1 spiro atoms. The van der Waals surface area contributed by atoms with Crippen LogP contribution in [0.1, 0.15) is 62.6 Å². The van der Waals surface area contributed by atoms with Gasteiger partial charge in [0.25, 0.3) is 0 Å². The fraction of sp³-hybridized carbons (Fsp3) is 0.812. The summed E-state index contributed by atoms with van der Waals surface area (Å²) in [5.74, 6) is 1.66. The first kappa shape index (κ1) is 14.2. The predicted octanol–water partition coefficient (Wildman–Crippen LogP) is 1.53. The third kappa shape index (κ3) is 2.76. The van der Waals surface area contributed by atoms with Gasteiger partial charge in [-0.1, -0.05) is 24.4 Å². The lowest BCUT2D eigenvalue weighted by Gasteiger charge is -2.22. The van der Waals surface area contributed by atoms with E-state index in [-0.39, 0.29) is 12.3 Å². The average Bonchev–Trinajstić information content (AvgIpc) is 2.87. The van der Waals surface area contributed by atoms with Crippen LogP contribution in [-0.2, 0) is 11.2 Å². The predicted molar refractivity (Wildman–Crippen MR) is 80.3 cm³/mol. The Morgan fingerprint density at radius 1 is 1.36 bits per heavy atom. The van der Waals surface area contributed by atoms with Crippen molar-refractivity contribution in [2.24, 2.45) is 5.41 Å². The van der Waals surface area contributed by atoms with Gasteiger partial charge in [0.15, 0.2) is 5.82 Å². The Bertz CT molecular complexity index is 544. The van der Waals surface area contributed by atoms with Crippen molar-refractivity contribution in [1.82, 2.24) is 20.8 Å². The number of amides is 1. The molecule has 2 saturated carbocycles. The summed E-state index contributed by atoms with van der Waals surface area (Å²) >= 11 is 0. The van der Waals surface area contributed by atoms with Crippen molar-refractivity contribution < 1.29 is 9.32 Å². The zero-order valence-electron chi connectivity index (χ0n) is 12.9. The van der Waals surface area contributed by atoms with Crippen LogP contribution in [0.4, 0.5) is 0 Å². The smallest absolute Gasteiger partial charge is 0.230 e. The number of rotatable bonds is 4. The van der Waals surface area contributed by atoms with Crippen LogP contribution in [0.3, 0.4) is 0 Å². The Morgan fingerprint density at radius 3 is 3.00 bits per heavy atom. The molecule has 2 heterocycles. The molecule has 3 aliphatic rings. The van der Waals surface area contributed by atoms with Crippen LogP contribution >= 0.6 is 0 Å². The highest BCUT2D eigenvalue weighted by Crippen LogP contribution is 2.62. The number of nitrogens with one attached hydrogen (secondary N) is 2. The van der Waals surface area contributed by atoms with E-state index in [1.807, 2.05) is 0 Å². The summed E-state index contributed by atoms with van der Waals surface area (Å²) in [6.45, 7) is 2.14. The quantitative estimate of drug-likeness (QED) is 0.882. The van der Waals surface area contributed by atoms with Gasteiger partial charge >= 0.3 is 0 Å². The second-order valence-electron chi connectivity index (χ2n) is 7.17. The molecule has 1 aromatic rings. The SMILES string of the molecule is O=C(Cc1noc(C2CC23CCNC3)n1)NC1CCCCC1. The molecule has 6 nitrogen and oxygen atoms in total. The van der Waals surface area contributed by atoms with Crippen LogP contribution in [0.2, 0.25) is 0 Å². The van der Waals surface area contributed by atoms with Gasteiger partial charge in [-0.25, -0.2) is 0 Å². The summed E-state index contributed by atoms with van der Waals surface area (Å²) in [5, 5.41) is 10.5. The molecule has 1 saturated heterocycles. The highest BCUT2D eigenvalue weighted by molar-refractivity contribution is 5.78. The lowest BCUT2D eigenvalue weighted by Crippen LogP contribution is -2.37. The number of carbonyl (C=O) groups is 1. The van der Waals surface area contributed by atoms with E-state index in [0.29, 0.717) is 23.2 Å². The van der Waals surface area contributed by atoms with E-state index < -0.39 is 0 Å². The number of hydrogen-bond acceptors (Lipinski definition) is 5. The maximum absolute atomic E-state index is 12.1. The molecule has 2 unspecified atom stereocenters. The van der Waals surface area contributed by atoms with Gasteiger partial charge in [-0.2, -0.15) is 4.98 Å². The number of aromatic nitrogens is 2. The zero-order chi connectivity index (χ0) is 15.0. The van der Waals surface area contributed by atoms with Crippen LogP contribution in [-0.4, -0.2) is 35.2 Å². The average molecular weight is 304 g/mol. The van der Waals surface area contributed by atoms with Crippen LogP contribution in [0, 0.1) is 5.41 Å². The highest BCUT2D eigenvalue weighted by atomic mass is 16.5. The first-order valence-corrected chi connectivity index (χ1v) is 8.58. The summed E-state index contributed by atoms with van der Waals surface area (Å²) in [6.07, 6.45) is 8.48. The Labute approximate surface area is 130 Å². The molecular weight excluding hydrogens is 280 g/mol. The van der Waals surface area contributed by atoms with Crippen molar-refractivity contribution in [3.05, 3.63) is 11.7 Å². The Morgan fingerprint density at radius 2 is 2.23 bits per heavy atom.